The van der Waals surface area contributed by atoms with Gasteiger partial charge in [-0.15, -0.1) is 11.3 Å². The van der Waals surface area contributed by atoms with Crippen molar-refractivity contribution in [1.29, 1.82) is 0 Å². The number of halogens is 1. The molecule has 2 aromatic heterocycles. The molecule has 29 heavy (non-hydrogen) atoms. The van der Waals surface area contributed by atoms with E-state index in [-0.39, 0.29) is 11.9 Å². The van der Waals surface area contributed by atoms with E-state index in [9.17, 15) is 13.2 Å². The van der Waals surface area contributed by atoms with Crippen LogP contribution < -0.4 is 4.72 Å². The van der Waals surface area contributed by atoms with Crippen molar-refractivity contribution in [1.82, 2.24) is 14.6 Å². The molecule has 1 amide bonds. The van der Waals surface area contributed by atoms with E-state index in [1.165, 1.54) is 11.3 Å². The van der Waals surface area contributed by atoms with Gasteiger partial charge in [0.1, 0.15) is 4.21 Å². The van der Waals surface area contributed by atoms with Gasteiger partial charge in [0.05, 0.1) is 16.8 Å². The summed E-state index contributed by atoms with van der Waals surface area (Å²) < 4.78 is 27.9. The van der Waals surface area contributed by atoms with E-state index in [1.807, 2.05) is 19.1 Å². The minimum atomic E-state index is -3.50. The highest BCUT2D eigenvalue weighted by atomic mass is 35.5. The summed E-state index contributed by atoms with van der Waals surface area (Å²) in [4.78, 5) is 19.3. The number of benzene rings is 1. The van der Waals surface area contributed by atoms with Crippen molar-refractivity contribution in [2.24, 2.45) is 0 Å². The third-order valence-corrected chi connectivity index (χ3v) is 8.21. The zero-order chi connectivity index (χ0) is 20.6. The molecule has 6 nitrogen and oxygen atoms in total. The SMILES string of the molecule is Cc1nc2ccc(Cl)cc2cc1C(=O)N1CCC(NS(=O)(=O)c2cccs2)CC1. The molecule has 152 valence electrons. The van der Waals surface area contributed by atoms with E-state index in [2.05, 4.69) is 9.71 Å². The second-order valence-electron chi connectivity index (χ2n) is 7.08. The minimum absolute atomic E-state index is 0.0866. The first-order valence-electron chi connectivity index (χ1n) is 9.25. The lowest BCUT2D eigenvalue weighted by atomic mass is 10.0. The molecule has 0 saturated carbocycles. The average molecular weight is 450 g/mol. The minimum Gasteiger partial charge on any atom is -0.338 e. The molecule has 0 atom stereocenters. The molecule has 1 fully saturated rings. The molecule has 1 N–H and O–H groups in total. The van der Waals surface area contributed by atoms with Crippen LogP contribution in [0.25, 0.3) is 10.9 Å². The molecule has 0 spiro atoms. The Bertz CT molecular complexity index is 1160. The molecule has 0 bridgehead atoms. The van der Waals surface area contributed by atoms with Crippen molar-refractivity contribution < 1.29 is 13.2 Å². The normalized spacial score (nSPS) is 15.7. The molecule has 1 aromatic carbocycles. The molecule has 0 aliphatic carbocycles. The van der Waals surface area contributed by atoms with E-state index in [0.717, 1.165) is 10.9 Å². The van der Waals surface area contributed by atoms with Crippen LogP contribution in [0.2, 0.25) is 5.02 Å². The van der Waals surface area contributed by atoms with Crippen LogP contribution in [-0.2, 0) is 10.0 Å². The smallest absolute Gasteiger partial charge is 0.255 e. The van der Waals surface area contributed by atoms with E-state index < -0.39 is 10.0 Å². The van der Waals surface area contributed by atoms with Crippen molar-refractivity contribution in [2.45, 2.75) is 30.0 Å². The Labute approximate surface area is 178 Å². The Balaban J connectivity index is 1.45. The van der Waals surface area contributed by atoms with Gasteiger partial charge >= 0.3 is 0 Å². The first kappa shape index (κ1) is 20.3. The van der Waals surface area contributed by atoms with Crippen molar-refractivity contribution in [3.05, 3.63) is 58.1 Å². The van der Waals surface area contributed by atoms with Crippen LogP contribution in [0.1, 0.15) is 28.9 Å². The second kappa shape index (κ2) is 8.02. The lowest BCUT2D eigenvalue weighted by Crippen LogP contribution is -2.46. The maximum absolute atomic E-state index is 13.0. The number of sulfonamides is 1. The van der Waals surface area contributed by atoms with Crippen LogP contribution in [0.3, 0.4) is 0 Å². The van der Waals surface area contributed by atoms with Gasteiger partial charge in [-0.3, -0.25) is 9.78 Å². The van der Waals surface area contributed by atoms with Gasteiger partial charge in [-0.25, -0.2) is 13.1 Å². The number of nitrogens with zero attached hydrogens (tertiary/aromatic N) is 2. The number of amides is 1. The van der Waals surface area contributed by atoms with E-state index in [1.54, 1.807) is 34.5 Å². The number of fused-ring (bicyclic) bond motifs is 1. The van der Waals surface area contributed by atoms with Crippen LogP contribution >= 0.6 is 22.9 Å². The first-order valence-corrected chi connectivity index (χ1v) is 12.0. The predicted octanol–water partition coefficient (Wildman–Crippen LogP) is 3.84. The molecule has 4 rings (SSSR count). The molecular weight excluding hydrogens is 430 g/mol. The molecule has 1 saturated heterocycles. The quantitative estimate of drug-likeness (QED) is 0.656. The summed E-state index contributed by atoms with van der Waals surface area (Å²) in [5.74, 6) is -0.0866. The highest BCUT2D eigenvalue weighted by Crippen LogP contribution is 2.23. The first-order chi connectivity index (χ1) is 13.8. The molecule has 3 aromatic rings. The maximum Gasteiger partial charge on any atom is 0.255 e. The zero-order valence-corrected chi connectivity index (χ0v) is 18.1. The Morgan fingerprint density at radius 3 is 2.69 bits per heavy atom. The van der Waals surface area contributed by atoms with Gasteiger partial charge in [0, 0.05) is 29.5 Å². The molecule has 3 heterocycles. The van der Waals surface area contributed by atoms with Crippen molar-refractivity contribution in [3.63, 3.8) is 0 Å². The van der Waals surface area contributed by atoms with Crippen molar-refractivity contribution in [3.8, 4) is 0 Å². The van der Waals surface area contributed by atoms with Crippen LogP contribution in [0.4, 0.5) is 0 Å². The highest BCUT2D eigenvalue weighted by Gasteiger charge is 2.28. The Morgan fingerprint density at radius 2 is 2.00 bits per heavy atom. The third-order valence-electron chi connectivity index (χ3n) is 5.06. The van der Waals surface area contributed by atoms with E-state index >= 15 is 0 Å². The zero-order valence-electron chi connectivity index (χ0n) is 15.8. The molecule has 1 aliphatic rings. The molecule has 1 aliphatic heterocycles. The number of nitrogens with one attached hydrogen (secondary N) is 1. The second-order valence-corrected chi connectivity index (χ2v) is 10.4. The summed E-state index contributed by atoms with van der Waals surface area (Å²) in [5.41, 5.74) is 2.02. The predicted molar refractivity (Wildman–Crippen MR) is 115 cm³/mol. The van der Waals surface area contributed by atoms with Gasteiger partial charge in [0.25, 0.3) is 5.91 Å². The number of piperidine rings is 1. The maximum atomic E-state index is 13.0. The fourth-order valence-electron chi connectivity index (χ4n) is 3.52. The number of carbonyl (C=O) groups excluding carboxylic acids is 1. The van der Waals surface area contributed by atoms with Crippen LogP contribution in [0, 0.1) is 6.92 Å². The van der Waals surface area contributed by atoms with Crippen molar-refractivity contribution in [2.75, 3.05) is 13.1 Å². The summed E-state index contributed by atoms with van der Waals surface area (Å²) in [7, 11) is -3.50. The number of pyridine rings is 1. The van der Waals surface area contributed by atoms with Crippen molar-refractivity contribution >= 4 is 49.8 Å². The number of hydrogen-bond acceptors (Lipinski definition) is 5. The average Bonchev–Trinajstić information content (AvgIpc) is 3.23. The summed E-state index contributed by atoms with van der Waals surface area (Å²) in [6.07, 6.45) is 1.14. The summed E-state index contributed by atoms with van der Waals surface area (Å²) >= 11 is 7.26. The van der Waals surface area contributed by atoms with Crippen LogP contribution in [0.15, 0.2) is 46.0 Å². The summed E-state index contributed by atoms with van der Waals surface area (Å²) in [6, 6.07) is 10.4. The van der Waals surface area contributed by atoms with Gasteiger partial charge < -0.3 is 4.90 Å². The van der Waals surface area contributed by atoms with Gasteiger partial charge in [-0.1, -0.05) is 17.7 Å². The van der Waals surface area contributed by atoms with Gasteiger partial charge in [-0.05, 0) is 55.5 Å². The Kier molecular flexibility index (Phi) is 5.61. The topological polar surface area (TPSA) is 79.4 Å². The van der Waals surface area contributed by atoms with E-state index in [0.29, 0.717) is 46.4 Å². The summed E-state index contributed by atoms with van der Waals surface area (Å²) in [6.45, 7) is 2.80. The highest BCUT2D eigenvalue weighted by molar-refractivity contribution is 7.91. The van der Waals surface area contributed by atoms with Crippen LogP contribution in [-0.4, -0.2) is 43.3 Å². The fourth-order valence-corrected chi connectivity index (χ4v) is 6.02. The summed E-state index contributed by atoms with van der Waals surface area (Å²) in [5, 5.41) is 3.16. The monoisotopic (exact) mass is 449 g/mol. The molecule has 9 heteroatoms. The lowest BCUT2D eigenvalue weighted by Gasteiger charge is -2.32. The molecule has 0 unspecified atom stereocenters. The molecule has 0 radical (unpaired) electrons. The van der Waals surface area contributed by atoms with Gasteiger partial charge in [0.15, 0.2) is 0 Å². The number of hydrogen-bond donors (Lipinski definition) is 1. The number of thiophene rings is 1. The Hall–Kier alpha value is -2.00. The Morgan fingerprint density at radius 1 is 1.24 bits per heavy atom. The number of aromatic nitrogens is 1. The molecular formula is C20H20ClN3O3S2. The number of rotatable bonds is 4. The number of likely N-dealkylation sites (tertiary alicyclic amines) is 1. The third kappa shape index (κ3) is 4.30. The lowest BCUT2D eigenvalue weighted by molar-refractivity contribution is 0.0710. The number of carbonyl (C=O) groups is 1. The van der Waals surface area contributed by atoms with Gasteiger partial charge in [-0.2, -0.15) is 0 Å². The van der Waals surface area contributed by atoms with E-state index in [4.69, 9.17) is 11.6 Å². The fraction of sp³-hybridized carbons (Fsp3) is 0.300. The van der Waals surface area contributed by atoms with Gasteiger partial charge in [0.2, 0.25) is 10.0 Å². The largest absolute Gasteiger partial charge is 0.338 e. The number of aryl methyl sites for hydroxylation is 1. The van der Waals surface area contributed by atoms with Crippen LogP contribution in [0.5, 0.6) is 0 Å². The standard InChI is InChI=1S/C20H20ClN3O3S2/c1-13-17(12-14-11-15(21)4-5-18(14)22-13)20(25)24-8-6-16(7-9-24)23-29(26,27)19-3-2-10-28-19/h2-5,10-12,16,23H,6-9H2,1H3.